The number of nitrogens with one attached hydrogen (secondary N) is 1. The van der Waals surface area contributed by atoms with E-state index in [-0.39, 0.29) is 11.6 Å². The fourth-order valence-electron chi connectivity index (χ4n) is 4.04. The molecule has 0 saturated carbocycles. The van der Waals surface area contributed by atoms with Gasteiger partial charge in [0.15, 0.2) is 22.5 Å². The van der Waals surface area contributed by atoms with Crippen LogP contribution in [0.5, 0.6) is 5.75 Å². The van der Waals surface area contributed by atoms with Gasteiger partial charge < -0.3 is 14.1 Å². The van der Waals surface area contributed by atoms with Gasteiger partial charge in [0.25, 0.3) is 0 Å². The quantitative estimate of drug-likeness (QED) is 0.263. The fourth-order valence-corrected chi connectivity index (χ4v) is 4.95. The summed E-state index contributed by atoms with van der Waals surface area (Å²) in [4.78, 5) is 28.4. The molecule has 0 aliphatic heterocycles. The van der Waals surface area contributed by atoms with Crippen LogP contribution in [0.15, 0.2) is 52.2 Å². The maximum Gasteiger partial charge on any atom is 0.192 e. The summed E-state index contributed by atoms with van der Waals surface area (Å²) in [5.74, 6) is 1.85. The number of Topliss-reactive ketones (excluding diaryl/α,β-unsaturated/α-hetero) is 2. The number of H-pyrrole nitrogens is 1. The number of ketones is 2. The number of hydrogen-bond acceptors (Lipinski definition) is 7. The number of hydrogen-bond donors (Lipinski definition) is 1. The Morgan fingerprint density at radius 1 is 1.18 bits per heavy atom. The number of furan rings is 1. The first-order valence-electron chi connectivity index (χ1n) is 10.8. The molecule has 0 aliphatic rings. The molecular formula is C25H26N4O4S. The molecule has 4 aromatic rings. The van der Waals surface area contributed by atoms with Crippen molar-refractivity contribution in [3.05, 3.63) is 70.9 Å². The standard InChI is InChI=1S/C25H26N4O4S/c1-14-21(16(3)30)15(2)26-22(14)23(31)17(4)34-25-28-27-24(19-10-6-7-11-20(19)32-5)29(25)13-18-9-8-12-33-18/h6-12,17,26H,13H2,1-5H3/t17-/m0/s1. The van der Waals surface area contributed by atoms with Gasteiger partial charge >= 0.3 is 0 Å². The van der Waals surface area contributed by atoms with Crippen LogP contribution < -0.4 is 4.74 Å². The molecule has 1 N–H and O–H groups in total. The van der Waals surface area contributed by atoms with E-state index in [0.717, 1.165) is 11.3 Å². The van der Waals surface area contributed by atoms with Crippen LogP contribution in [0.3, 0.4) is 0 Å². The van der Waals surface area contributed by atoms with Crippen molar-refractivity contribution in [3.63, 3.8) is 0 Å². The molecule has 0 saturated heterocycles. The number of aromatic nitrogens is 4. The number of methoxy groups -OCH3 is 1. The molecule has 1 atom stereocenters. The molecule has 0 radical (unpaired) electrons. The minimum Gasteiger partial charge on any atom is -0.496 e. The van der Waals surface area contributed by atoms with Crippen molar-refractivity contribution < 1.29 is 18.7 Å². The number of benzene rings is 1. The van der Waals surface area contributed by atoms with Crippen molar-refractivity contribution in [1.29, 1.82) is 0 Å². The number of rotatable bonds is 9. The number of aryl methyl sites for hydroxylation is 1. The molecule has 1 aromatic carbocycles. The van der Waals surface area contributed by atoms with Crippen LogP contribution in [0.2, 0.25) is 0 Å². The van der Waals surface area contributed by atoms with Crippen molar-refractivity contribution in [2.45, 2.75) is 44.6 Å². The van der Waals surface area contributed by atoms with Crippen LogP contribution in [-0.4, -0.2) is 43.7 Å². The lowest BCUT2D eigenvalue weighted by Gasteiger charge is -2.13. The van der Waals surface area contributed by atoms with Crippen molar-refractivity contribution in [2.24, 2.45) is 0 Å². The van der Waals surface area contributed by atoms with E-state index in [0.29, 0.717) is 45.8 Å². The van der Waals surface area contributed by atoms with E-state index in [9.17, 15) is 9.59 Å². The highest BCUT2D eigenvalue weighted by molar-refractivity contribution is 8.00. The summed E-state index contributed by atoms with van der Waals surface area (Å²) < 4.78 is 13.0. The molecular weight excluding hydrogens is 452 g/mol. The van der Waals surface area contributed by atoms with Gasteiger partial charge in [0, 0.05) is 11.3 Å². The predicted molar refractivity (Wildman–Crippen MR) is 130 cm³/mol. The van der Waals surface area contributed by atoms with Gasteiger partial charge in [-0.15, -0.1) is 10.2 Å². The summed E-state index contributed by atoms with van der Waals surface area (Å²) in [6.45, 7) is 7.32. The van der Waals surface area contributed by atoms with E-state index in [1.807, 2.05) is 47.9 Å². The fraction of sp³-hybridized carbons (Fsp3) is 0.280. The average molecular weight is 479 g/mol. The van der Waals surface area contributed by atoms with Crippen molar-refractivity contribution in [1.82, 2.24) is 19.7 Å². The maximum absolute atomic E-state index is 13.3. The summed E-state index contributed by atoms with van der Waals surface area (Å²) in [6.07, 6.45) is 1.62. The molecule has 34 heavy (non-hydrogen) atoms. The smallest absolute Gasteiger partial charge is 0.192 e. The lowest BCUT2D eigenvalue weighted by molar-refractivity contribution is 0.0988. The third-order valence-electron chi connectivity index (χ3n) is 5.65. The Balaban J connectivity index is 1.69. The van der Waals surface area contributed by atoms with E-state index in [1.165, 1.54) is 18.7 Å². The van der Waals surface area contributed by atoms with E-state index >= 15 is 0 Å². The molecule has 9 heteroatoms. The Kier molecular flexibility index (Phi) is 6.74. The van der Waals surface area contributed by atoms with Gasteiger partial charge in [0.2, 0.25) is 0 Å². The molecule has 8 nitrogen and oxygen atoms in total. The molecule has 0 bridgehead atoms. The van der Waals surface area contributed by atoms with Crippen LogP contribution in [0.25, 0.3) is 11.4 Å². The summed E-state index contributed by atoms with van der Waals surface area (Å²) >= 11 is 1.31. The number of nitrogens with zero attached hydrogens (tertiary/aromatic N) is 3. The number of para-hydroxylation sites is 1. The molecule has 4 rings (SSSR count). The second-order valence-electron chi connectivity index (χ2n) is 7.98. The summed E-state index contributed by atoms with van der Waals surface area (Å²) in [7, 11) is 1.61. The zero-order valence-corrected chi connectivity index (χ0v) is 20.5. The SMILES string of the molecule is COc1ccccc1-c1nnc(S[C@@H](C)C(=O)c2[nH]c(C)c(C(C)=O)c2C)n1Cc1ccco1. The van der Waals surface area contributed by atoms with Gasteiger partial charge in [-0.1, -0.05) is 23.9 Å². The largest absolute Gasteiger partial charge is 0.496 e. The van der Waals surface area contributed by atoms with Gasteiger partial charge in [0.05, 0.1) is 36.4 Å². The Morgan fingerprint density at radius 3 is 2.59 bits per heavy atom. The lowest BCUT2D eigenvalue weighted by Crippen LogP contribution is -2.16. The average Bonchev–Trinajstić information content (AvgIpc) is 3.53. The Morgan fingerprint density at radius 2 is 1.94 bits per heavy atom. The Bertz CT molecular complexity index is 1340. The molecule has 3 aromatic heterocycles. The topological polar surface area (TPSA) is 103 Å². The van der Waals surface area contributed by atoms with Gasteiger partial charge in [-0.2, -0.15) is 0 Å². The van der Waals surface area contributed by atoms with Crippen molar-refractivity contribution in [3.8, 4) is 17.1 Å². The number of ether oxygens (including phenoxy) is 1. The van der Waals surface area contributed by atoms with Crippen molar-refractivity contribution >= 4 is 23.3 Å². The highest BCUT2D eigenvalue weighted by atomic mass is 32.2. The van der Waals surface area contributed by atoms with E-state index in [4.69, 9.17) is 9.15 Å². The van der Waals surface area contributed by atoms with Crippen LogP contribution in [0.4, 0.5) is 0 Å². The normalized spacial score (nSPS) is 12.0. The maximum atomic E-state index is 13.3. The zero-order chi connectivity index (χ0) is 24.4. The first-order chi connectivity index (χ1) is 16.3. The van der Waals surface area contributed by atoms with Crippen LogP contribution in [0.1, 0.15) is 51.7 Å². The second kappa shape index (κ2) is 9.72. The van der Waals surface area contributed by atoms with E-state index in [1.54, 1.807) is 27.2 Å². The highest BCUT2D eigenvalue weighted by Crippen LogP contribution is 2.33. The van der Waals surface area contributed by atoms with Crippen molar-refractivity contribution in [2.75, 3.05) is 7.11 Å². The van der Waals surface area contributed by atoms with E-state index < -0.39 is 5.25 Å². The highest BCUT2D eigenvalue weighted by Gasteiger charge is 2.27. The molecule has 3 heterocycles. The lowest BCUT2D eigenvalue weighted by atomic mass is 10.0. The second-order valence-corrected chi connectivity index (χ2v) is 9.29. The number of thioether (sulfide) groups is 1. The van der Waals surface area contributed by atoms with Crippen LogP contribution in [0, 0.1) is 13.8 Å². The monoisotopic (exact) mass is 478 g/mol. The molecule has 0 fully saturated rings. The summed E-state index contributed by atoms with van der Waals surface area (Å²) in [5.41, 5.74) is 3.18. The predicted octanol–water partition coefficient (Wildman–Crippen LogP) is 5.11. The molecule has 176 valence electrons. The zero-order valence-electron chi connectivity index (χ0n) is 19.7. The minimum atomic E-state index is -0.471. The first kappa shape index (κ1) is 23.6. The number of carbonyl (C=O) groups is 2. The summed E-state index contributed by atoms with van der Waals surface area (Å²) in [5, 5.41) is 8.93. The number of aromatic amines is 1. The minimum absolute atomic E-state index is 0.0646. The van der Waals surface area contributed by atoms with Crippen LogP contribution >= 0.6 is 11.8 Å². The molecule has 0 aliphatic carbocycles. The van der Waals surface area contributed by atoms with E-state index in [2.05, 4.69) is 15.2 Å². The van der Waals surface area contributed by atoms with Gasteiger partial charge in [-0.25, -0.2) is 0 Å². The molecule has 0 spiro atoms. The van der Waals surface area contributed by atoms with Gasteiger partial charge in [-0.05, 0) is 57.5 Å². The third-order valence-corrected chi connectivity index (χ3v) is 6.73. The Labute approximate surface area is 201 Å². The Hall–Kier alpha value is -3.59. The van der Waals surface area contributed by atoms with Gasteiger partial charge in [0.1, 0.15) is 11.5 Å². The summed E-state index contributed by atoms with van der Waals surface area (Å²) in [6, 6.07) is 11.3. The third kappa shape index (κ3) is 4.43. The van der Waals surface area contributed by atoms with Crippen LogP contribution in [-0.2, 0) is 6.54 Å². The van der Waals surface area contributed by atoms with Gasteiger partial charge in [-0.3, -0.25) is 14.2 Å². The molecule has 0 amide bonds. The first-order valence-corrected chi connectivity index (χ1v) is 11.7. The molecule has 0 unspecified atom stereocenters. The number of carbonyl (C=O) groups excluding carboxylic acids is 2.